The molecule has 2 aliphatic rings. The first-order chi connectivity index (χ1) is 26.1. The normalized spacial score (nSPS) is 20.3. The third-order valence-electron chi connectivity index (χ3n) is 9.41. The van der Waals surface area contributed by atoms with Crippen molar-refractivity contribution in [2.75, 3.05) is 40.4 Å². The number of carbonyl (C=O) groups excluding carboxylic acids is 7. The molecule has 1 fully saturated rings. The molecule has 0 saturated carbocycles. The molecule has 2 heterocycles. The topological polar surface area (TPSA) is 193 Å². The Morgan fingerprint density at radius 1 is 0.982 bits per heavy atom. The number of rotatable bonds is 11. The van der Waals surface area contributed by atoms with Crippen LogP contribution in [-0.4, -0.2) is 116 Å². The molecule has 298 valence electrons. The van der Waals surface area contributed by atoms with Crippen LogP contribution < -0.4 is 26.0 Å². The Morgan fingerprint density at radius 2 is 1.71 bits per heavy atom. The predicted molar refractivity (Wildman–Crippen MR) is 202 cm³/mol. The average Bonchev–Trinajstić information content (AvgIpc) is 3.58. The lowest BCUT2D eigenvalue weighted by atomic mass is 9.85. The van der Waals surface area contributed by atoms with E-state index in [1.807, 2.05) is 20.8 Å². The van der Waals surface area contributed by atoms with Crippen molar-refractivity contribution >= 4 is 41.2 Å². The van der Waals surface area contributed by atoms with E-state index in [0.29, 0.717) is 42.9 Å². The van der Waals surface area contributed by atoms with E-state index in [-0.39, 0.29) is 37.6 Å². The molecule has 2 aliphatic heterocycles. The summed E-state index contributed by atoms with van der Waals surface area (Å²) in [5, 5.41) is 10.5. The maximum absolute atomic E-state index is 14.3. The highest BCUT2D eigenvalue weighted by molar-refractivity contribution is 6.38. The third-order valence-corrected chi connectivity index (χ3v) is 9.41. The number of hydrogen-bond donors (Lipinski definition) is 4. The fourth-order valence-electron chi connectivity index (χ4n) is 6.50. The maximum Gasteiger partial charge on any atom is 0.290 e. The van der Waals surface area contributed by atoms with Crippen LogP contribution in [0.25, 0.3) is 0 Å². The number of hydrogen-bond acceptors (Lipinski definition) is 9. The van der Waals surface area contributed by atoms with Crippen molar-refractivity contribution in [3.63, 3.8) is 0 Å². The van der Waals surface area contributed by atoms with Crippen LogP contribution in [0.3, 0.4) is 0 Å². The standard InChI is InChI=1S/C40H54N6O9/c1-7-13-29(34(49)37(51)41-23-32(48)43-33(38(52)45(5)6)26-15-9-8-10-16-26)42-36(50)30-22-28-24-46(30)39(53)35(40(2,3)4)44-31(47)21-25-14-11-17-27(20-25)54-18-12-19-55-28/h8-11,14-17,20,28-30,33,35H,7,12-13,18-19,21-24H2,1-6H3,(H,41,51)(H,42,50)(H,43,48)(H,44,47)/t28-,29+,30?,33+,35-/m1/s1. The van der Waals surface area contributed by atoms with E-state index in [2.05, 4.69) is 21.3 Å². The summed E-state index contributed by atoms with van der Waals surface area (Å²) in [4.78, 5) is 96.5. The monoisotopic (exact) mass is 762 g/mol. The van der Waals surface area contributed by atoms with Gasteiger partial charge in [0.15, 0.2) is 0 Å². The Labute approximate surface area is 322 Å². The summed E-state index contributed by atoms with van der Waals surface area (Å²) in [5.74, 6) is -4.03. The summed E-state index contributed by atoms with van der Waals surface area (Å²) in [6, 6.07) is 11.5. The second-order valence-corrected chi connectivity index (χ2v) is 15.2. The minimum Gasteiger partial charge on any atom is -0.493 e. The number of ether oxygens (including phenoxy) is 2. The first-order valence-corrected chi connectivity index (χ1v) is 18.7. The van der Waals surface area contributed by atoms with Crippen molar-refractivity contribution < 1.29 is 43.0 Å². The van der Waals surface area contributed by atoms with Gasteiger partial charge in [0, 0.05) is 33.5 Å². The summed E-state index contributed by atoms with van der Waals surface area (Å²) in [5.41, 5.74) is 0.513. The van der Waals surface area contributed by atoms with E-state index in [4.69, 9.17) is 9.47 Å². The fourth-order valence-corrected chi connectivity index (χ4v) is 6.50. The lowest BCUT2D eigenvalue weighted by Crippen LogP contribution is -2.59. The molecule has 4 bridgehead atoms. The minimum absolute atomic E-state index is 0.0130. The quantitative estimate of drug-likeness (QED) is 0.246. The average molecular weight is 763 g/mol. The van der Waals surface area contributed by atoms with Crippen molar-refractivity contribution in [2.24, 2.45) is 5.41 Å². The van der Waals surface area contributed by atoms with Crippen LogP contribution in [0.5, 0.6) is 5.75 Å². The largest absolute Gasteiger partial charge is 0.493 e. The molecule has 6 amide bonds. The molecule has 15 heteroatoms. The molecule has 0 aliphatic carbocycles. The van der Waals surface area contributed by atoms with Gasteiger partial charge < -0.3 is 40.5 Å². The van der Waals surface area contributed by atoms with Gasteiger partial charge >= 0.3 is 0 Å². The predicted octanol–water partition coefficient (Wildman–Crippen LogP) is 1.44. The van der Waals surface area contributed by atoms with E-state index < -0.39 is 71.6 Å². The third kappa shape index (κ3) is 11.8. The Morgan fingerprint density at radius 3 is 2.38 bits per heavy atom. The highest BCUT2D eigenvalue weighted by Crippen LogP contribution is 2.28. The number of ketones is 1. The number of likely N-dealkylation sites (N-methyl/N-ethyl adjacent to an activating group) is 1. The van der Waals surface area contributed by atoms with Crippen LogP contribution in [0.4, 0.5) is 0 Å². The van der Waals surface area contributed by atoms with E-state index in [1.165, 1.54) is 9.80 Å². The SMILES string of the molecule is CCC[C@H](NC(=O)C1C[C@@H]2CN1C(=O)[C@H](C(C)(C)C)NC(=O)Cc1cccc(c1)OCCCO2)C(=O)C(=O)NCC(=O)N[C@H](C(=O)N(C)C)c1ccccc1. The van der Waals surface area contributed by atoms with Crippen molar-refractivity contribution in [1.29, 1.82) is 0 Å². The van der Waals surface area contributed by atoms with Gasteiger partial charge in [0.2, 0.25) is 35.3 Å². The zero-order valence-corrected chi connectivity index (χ0v) is 32.5. The van der Waals surface area contributed by atoms with Crippen LogP contribution in [-0.2, 0) is 44.7 Å². The molecule has 4 rings (SSSR count). The zero-order chi connectivity index (χ0) is 40.3. The molecule has 4 N–H and O–H groups in total. The first-order valence-electron chi connectivity index (χ1n) is 18.7. The Kier molecular flexibility index (Phi) is 14.9. The summed E-state index contributed by atoms with van der Waals surface area (Å²) in [6.45, 7) is 7.37. The number of nitrogens with one attached hydrogen (secondary N) is 4. The number of carbonyl (C=O) groups is 7. The molecular weight excluding hydrogens is 708 g/mol. The fraction of sp³-hybridized carbons (Fsp3) is 0.525. The van der Waals surface area contributed by atoms with E-state index in [0.717, 1.165) is 0 Å². The van der Waals surface area contributed by atoms with Gasteiger partial charge in [-0.15, -0.1) is 0 Å². The van der Waals surface area contributed by atoms with Crippen LogP contribution in [0, 0.1) is 5.41 Å². The van der Waals surface area contributed by atoms with Crippen LogP contribution >= 0.6 is 0 Å². The van der Waals surface area contributed by atoms with E-state index in [1.54, 1.807) is 75.6 Å². The van der Waals surface area contributed by atoms with Crippen LogP contribution in [0.2, 0.25) is 0 Å². The first kappa shape index (κ1) is 42.4. The molecule has 1 unspecified atom stereocenters. The van der Waals surface area contributed by atoms with Gasteiger partial charge in [0.1, 0.15) is 23.9 Å². The van der Waals surface area contributed by atoms with Gasteiger partial charge in [0.25, 0.3) is 5.91 Å². The molecular formula is C40H54N6O9. The van der Waals surface area contributed by atoms with Gasteiger partial charge in [-0.2, -0.15) is 0 Å². The van der Waals surface area contributed by atoms with Gasteiger partial charge in [-0.25, -0.2) is 0 Å². The zero-order valence-electron chi connectivity index (χ0n) is 32.5. The minimum atomic E-state index is -1.25. The van der Waals surface area contributed by atoms with Gasteiger partial charge in [-0.05, 0) is 35.1 Å². The Bertz CT molecular complexity index is 1710. The van der Waals surface area contributed by atoms with Crippen molar-refractivity contribution in [3.05, 3.63) is 65.7 Å². The lowest BCUT2D eigenvalue weighted by molar-refractivity contribution is -0.145. The molecule has 0 aromatic heterocycles. The molecule has 0 radical (unpaired) electrons. The number of benzene rings is 2. The maximum atomic E-state index is 14.3. The summed E-state index contributed by atoms with van der Waals surface area (Å²) in [6.07, 6.45) is 0.692. The summed E-state index contributed by atoms with van der Waals surface area (Å²) < 4.78 is 12.0. The number of fused-ring (bicyclic) bond motifs is 4. The smallest absolute Gasteiger partial charge is 0.290 e. The molecule has 0 spiro atoms. The molecule has 55 heavy (non-hydrogen) atoms. The highest BCUT2D eigenvalue weighted by Gasteiger charge is 2.46. The van der Waals surface area contributed by atoms with E-state index in [9.17, 15) is 33.6 Å². The van der Waals surface area contributed by atoms with Crippen LogP contribution in [0.1, 0.15) is 70.5 Å². The molecule has 15 nitrogen and oxygen atoms in total. The van der Waals surface area contributed by atoms with Gasteiger partial charge in [-0.3, -0.25) is 33.6 Å². The van der Waals surface area contributed by atoms with Crippen molar-refractivity contribution in [3.8, 4) is 5.75 Å². The number of nitrogens with zero attached hydrogens (tertiary/aromatic N) is 2. The van der Waals surface area contributed by atoms with Crippen molar-refractivity contribution in [1.82, 2.24) is 31.1 Å². The number of amides is 6. The van der Waals surface area contributed by atoms with E-state index >= 15 is 0 Å². The lowest BCUT2D eigenvalue weighted by Gasteiger charge is -2.35. The van der Waals surface area contributed by atoms with Crippen LogP contribution in [0.15, 0.2) is 54.6 Å². The summed E-state index contributed by atoms with van der Waals surface area (Å²) >= 11 is 0. The summed E-state index contributed by atoms with van der Waals surface area (Å²) in [7, 11) is 3.11. The van der Waals surface area contributed by atoms with Gasteiger partial charge in [0.05, 0.1) is 38.3 Å². The molecule has 5 atom stereocenters. The molecule has 2 aromatic carbocycles. The molecule has 2 aromatic rings. The number of Topliss-reactive ketones (excluding diaryl/α,β-unsaturated/α-hetero) is 1. The highest BCUT2D eigenvalue weighted by atomic mass is 16.5. The second-order valence-electron chi connectivity index (χ2n) is 15.2. The Balaban J connectivity index is 1.47. The van der Waals surface area contributed by atoms with Gasteiger partial charge in [-0.1, -0.05) is 76.6 Å². The Hall–Kier alpha value is -5.31. The molecule has 1 saturated heterocycles. The second kappa shape index (κ2) is 19.3. The van der Waals surface area contributed by atoms with Crippen molar-refractivity contribution in [2.45, 2.75) is 90.1 Å².